The number of unbranched alkanes of at least 4 members (excludes halogenated alkanes) is 6. The summed E-state index contributed by atoms with van der Waals surface area (Å²) in [7, 11) is 0. The van der Waals surface area contributed by atoms with Crippen molar-refractivity contribution < 1.29 is 15.0 Å². The van der Waals surface area contributed by atoms with E-state index in [2.05, 4.69) is 6.92 Å². The van der Waals surface area contributed by atoms with Gasteiger partial charge in [-0.3, -0.25) is 0 Å². The third-order valence-corrected chi connectivity index (χ3v) is 3.70. The van der Waals surface area contributed by atoms with Crippen molar-refractivity contribution in [2.45, 2.75) is 70.8 Å². The highest BCUT2D eigenvalue weighted by Crippen LogP contribution is 2.11. The van der Waals surface area contributed by atoms with Crippen molar-refractivity contribution in [1.29, 1.82) is 0 Å². The standard InChI is InChI=1S/C22H34O3/c1-2-3-4-5-9-12-15-18-21(23)19-16-13-10-7-6-8-11-14-17-20-22(24)25/h6-8,10-11,13-14,16-17,20-21,23H,2-5,9,12,15,18-19H2,1H3,(H,24,25)/b8-6+,10-7+,14-11+,16-13+,20-17+. The van der Waals surface area contributed by atoms with E-state index in [0.29, 0.717) is 6.42 Å². The third-order valence-electron chi connectivity index (χ3n) is 3.70. The van der Waals surface area contributed by atoms with Crippen molar-refractivity contribution in [2.24, 2.45) is 0 Å². The normalized spacial score (nSPS) is 14.0. The van der Waals surface area contributed by atoms with Gasteiger partial charge in [-0.15, -0.1) is 0 Å². The van der Waals surface area contributed by atoms with Crippen LogP contribution in [0.15, 0.2) is 60.8 Å². The number of hydrogen-bond acceptors (Lipinski definition) is 2. The van der Waals surface area contributed by atoms with Crippen LogP contribution in [0, 0.1) is 0 Å². The molecule has 0 aromatic heterocycles. The molecule has 0 rings (SSSR count). The molecule has 1 atom stereocenters. The van der Waals surface area contributed by atoms with Gasteiger partial charge in [0.25, 0.3) is 0 Å². The van der Waals surface area contributed by atoms with Gasteiger partial charge in [0, 0.05) is 6.08 Å². The van der Waals surface area contributed by atoms with Crippen LogP contribution in [0.4, 0.5) is 0 Å². The molecule has 3 heteroatoms. The van der Waals surface area contributed by atoms with E-state index in [-0.39, 0.29) is 6.10 Å². The van der Waals surface area contributed by atoms with Gasteiger partial charge in [0.1, 0.15) is 0 Å². The van der Waals surface area contributed by atoms with E-state index >= 15 is 0 Å². The predicted octanol–water partition coefficient (Wildman–Crippen LogP) is 5.74. The van der Waals surface area contributed by atoms with Crippen LogP contribution in [0.25, 0.3) is 0 Å². The van der Waals surface area contributed by atoms with E-state index in [0.717, 1.165) is 18.9 Å². The quantitative estimate of drug-likeness (QED) is 0.226. The number of aliphatic hydroxyl groups excluding tert-OH is 1. The van der Waals surface area contributed by atoms with Gasteiger partial charge >= 0.3 is 5.97 Å². The Bertz CT molecular complexity index is 456. The monoisotopic (exact) mass is 346 g/mol. The predicted molar refractivity (Wildman–Crippen MR) is 107 cm³/mol. The Morgan fingerprint density at radius 1 is 0.800 bits per heavy atom. The van der Waals surface area contributed by atoms with Gasteiger partial charge in [-0.25, -0.2) is 4.79 Å². The van der Waals surface area contributed by atoms with Crippen LogP contribution in [0.1, 0.15) is 64.7 Å². The smallest absolute Gasteiger partial charge is 0.328 e. The zero-order valence-electron chi connectivity index (χ0n) is 15.5. The zero-order valence-corrected chi connectivity index (χ0v) is 15.5. The number of aliphatic hydroxyl groups is 1. The number of hydrogen-bond donors (Lipinski definition) is 2. The van der Waals surface area contributed by atoms with Gasteiger partial charge in [-0.2, -0.15) is 0 Å². The minimum Gasteiger partial charge on any atom is -0.478 e. The molecule has 3 nitrogen and oxygen atoms in total. The average Bonchev–Trinajstić information content (AvgIpc) is 2.58. The Morgan fingerprint density at radius 2 is 1.32 bits per heavy atom. The van der Waals surface area contributed by atoms with Crippen LogP contribution in [0.2, 0.25) is 0 Å². The molecule has 2 N–H and O–H groups in total. The molecule has 140 valence electrons. The lowest BCUT2D eigenvalue weighted by Crippen LogP contribution is -2.04. The summed E-state index contributed by atoms with van der Waals surface area (Å²) in [6.07, 6.45) is 27.7. The molecule has 0 bridgehead atoms. The van der Waals surface area contributed by atoms with E-state index in [9.17, 15) is 9.90 Å². The van der Waals surface area contributed by atoms with Gasteiger partial charge in [-0.1, -0.05) is 107 Å². The van der Waals surface area contributed by atoms with Gasteiger partial charge in [0.15, 0.2) is 0 Å². The molecule has 0 aliphatic heterocycles. The van der Waals surface area contributed by atoms with Gasteiger partial charge in [-0.05, 0) is 12.8 Å². The molecular formula is C22H34O3. The Hall–Kier alpha value is -1.87. The molecule has 0 radical (unpaired) electrons. The van der Waals surface area contributed by atoms with Crippen LogP contribution in [0.5, 0.6) is 0 Å². The molecule has 0 aromatic rings. The van der Waals surface area contributed by atoms with Crippen LogP contribution < -0.4 is 0 Å². The third kappa shape index (κ3) is 20.1. The lowest BCUT2D eigenvalue weighted by molar-refractivity contribution is -0.131. The molecule has 0 saturated heterocycles. The minimum atomic E-state index is -0.951. The Balaban J connectivity index is 3.63. The number of aliphatic carboxylic acids is 1. The molecule has 0 aliphatic rings. The fourth-order valence-electron chi connectivity index (χ4n) is 2.29. The molecule has 0 heterocycles. The molecule has 0 aliphatic carbocycles. The summed E-state index contributed by atoms with van der Waals surface area (Å²) in [5.41, 5.74) is 0. The van der Waals surface area contributed by atoms with Crippen molar-refractivity contribution in [2.75, 3.05) is 0 Å². The summed E-state index contributed by atoms with van der Waals surface area (Å²) in [6, 6.07) is 0. The SMILES string of the molecule is CCCCCCCCCC(O)C/C=C/C=C/C=C/C=C/C=C/C(=O)O. The number of carbonyl (C=O) groups is 1. The average molecular weight is 347 g/mol. The summed E-state index contributed by atoms with van der Waals surface area (Å²) in [4.78, 5) is 10.2. The van der Waals surface area contributed by atoms with Crippen molar-refractivity contribution in [3.05, 3.63) is 60.8 Å². The number of allylic oxidation sites excluding steroid dienone is 8. The summed E-state index contributed by atoms with van der Waals surface area (Å²) in [5, 5.41) is 18.3. The van der Waals surface area contributed by atoms with Gasteiger partial charge in [0.05, 0.1) is 6.10 Å². The second-order valence-corrected chi connectivity index (χ2v) is 6.08. The fourth-order valence-corrected chi connectivity index (χ4v) is 2.29. The Kier molecular flexibility index (Phi) is 17.1. The summed E-state index contributed by atoms with van der Waals surface area (Å²) in [6.45, 7) is 2.23. The van der Waals surface area contributed by atoms with Crippen molar-refractivity contribution in [1.82, 2.24) is 0 Å². The lowest BCUT2D eigenvalue weighted by Gasteiger charge is -2.07. The van der Waals surface area contributed by atoms with E-state index in [1.165, 1.54) is 44.6 Å². The van der Waals surface area contributed by atoms with Crippen LogP contribution >= 0.6 is 0 Å². The lowest BCUT2D eigenvalue weighted by atomic mass is 10.0. The molecule has 25 heavy (non-hydrogen) atoms. The molecular weight excluding hydrogens is 312 g/mol. The highest BCUT2D eigenvalue weighted by Gasteiger charge is 2.00. The first-order valence-corrected chi connectivity index (χ1v) is 9.41. The van der Waals surface area contributed by atoms with E-state index < -0.39 is 5.97 Å². The summed E-state index contributed by atoms with van der Waals surface area (Å²) in [5.74, 6) is -0.951. The summed E-state index contributed by atoms with van der Waals surface area (Å²) >= 11 is 0. The first-order chi connectivity index (χ1) is 12.2. The van der Waals surface area contributed by atoms with Crippen LogP contribution in [-0.4, -0.2) is 22.3 Å². The van der Waals surface area contributed by atoms with E-state index in [1.807, 2.05) is 36.5 Å². The maximum Gasteiger partial charge on any atom is 0.328 e. The molecule has 0 aromatic carbocycles. The highest BCUT2D eigenvalue weighted by molar-refractivity contribution is 5.80. The van der Waals surface area contributed by atoms with Crippen LogP contribution in [0.3, 0.4) is 0 Å². The Labute approximate surface area is 153 Å². The van der Waals surface area contributed by atoms with Gasteiger partial charge < -0.3 is 10.2 Å². The first-order valence-electron chi connectivity index (χ1n) is 9.41. The zero-order chi connectivity index (χ0) is 18.6. The second-order valence-electron chi connectivity index (χ2n) is 6.08. The molecule has 0 fully saturated rings. The maximum atomic E-state index is 10.2. The number of carboxylic acids is 1. The van der Waals surface area contributed by atoms with Crippen molar-refractivity contribution >= 4 is 5.97 Å². The highest BCUT2D eigenvalue weighted by atomic mass is 16.4. The van der Waals surface area contributed by atoms with Gasteiger partial charge in [0.2, 0.25) is 0 Å². The number of carboxylic acid groups (broad SMARTS) is 1. The molecule has 0 amide bonds. The van der Waals surface area contributed by atoms with Crippen molar-refractivity contribution in [3.63, 3.8) is 0 Å². The first kappa shape index (κ1) is 23.1. The molecule has 0 spiro atoms. The maximum absolute atomic E-state index is 10.2. The van der Waals surface area contributed by atoms with E-state index in [4.69, 9.17) is 5.11 Å². The largest absolute Gasteiger partial charge is 0.478 e. The van der Waals surface area contributed by atoms with E-state index in [1.54, 1.807) is 12.2 Å². The summed E-state index contributed by atoms with van der Waals surface area (Å²) < 4.78 is 0. The second kappa shape index (κ2) is 18.5. The topological polar surface area (TPSA) is 57.5 Å². The number of rotatable bonds is 15. The molecule has 0 saturated carbocycles. The molecule has 1 unspecified atom stereocenters. The van der Waals surface area contributed by atoms with Crippen LogP contribution in [-0.2, 0) is 4.79 Å². The minimum absolute atomic E-state index is 0.236. The fraction of sp³-hybridized carbons (Fsp3) is 0.500. The Morgan fingerprint density at radius 3 is 1.92 bits per heavy atom. The van der Waals surface area contributed by atoms with Crippen molar-refractivity contribution in [3.8, 4) is 0 Å².